The number of esters is 1. The average Bonchev–Trinajstić information content (AvgIpc) is 1.79. The van der Waals surface area contributed by atoms with Crippen molar-refractivity contribution in [3.8, 4) is 0 Å². The Balaban J connectivity index is 4.16. The fourth-order valence-corrected chi connectivity index (χ4v) is 0.809. The van der Waals surface area contributed by atoms with Gasteiger partial charge < -0.3 is 4.74 Å². The molecule has 0 N–H and O–H groups in total. The molecule has 0 unspecified atom stereocenters. The molecule has 6 heteroatoms. The van der Waals surface area contributed by atoms with Gasteiger partial charge in [0.1, 0.15) is 12.0 Å². The number of hydrogen-bond donors (Lipinski definition) is 0. The summed E-state index contributed by atoms with van der Waals surface area (Å²) in [5.41, 5.74) is -0.648. The number of hydrogen-bond acceptors (Lipinski definition) is 3. The van der Waals surface area contributed by atoms with Crippen LogP contribution in [0.25, 0.3) is 0 Å². The second kappa shape index (κ2) is 4.69. The smallest absolute Gasteiger partial charge is 0.314 e. The summed E-state index contributed by atoms with van der Waals surface area (Å²) in [4.78, 5) is 22.2. The molecule has 0 atom stereocenters. The van der Waals surface area contributed by atoms with E-state index in [1.165, 1.54) is 0 Å². The van der Waals surface area contributed by atoms with Gasteiger partial charge in [0.25, 0.3) is 0 Å². The molecular weight excluding hydrogens is 250 g/mol. The highest BCUT2D eigenvalue weighted by Gasteiger charge is 2.33. The lowest BCUT2D eigenvalue weighted by Gasteiger charge is -2.19. The van der Waals surface area contributed by atoms with Crippen molar-refractivity contribution >= 4 is 46.6 Å². The number of Topliss-reactive ketones (excluding diaryl/α,β-unsaturated/α-hetero) is 1. The number of alkyl halides is 3. The summed E-state index contributed by atoms with van der Waals surface area (Å²) in [5.74, 6) is -1.49. The third-order valence-corrected chi connectivity index (χ3v) is 1.67. The van der Waals surface area contributed by atoms with Crippen LogP contribution in [0, 0.1) is 0 Å². The molecule has 0 spiro atoms. The molecule has 0 rings (SSSR count). The van der Waals surface area contributed by atoms with Gasteiger partial charge in [-0.15, -0.1) is 0 Å². The van der Waals surface area contributed by atoms with Crippen molar-refractivity contribution in [3.05, 3.63) is 0 Å². The largest absolute Gasteiger partial charge is 0.460 e. The van der Waals surface area contributed by atoms with Crippen molar-refractivity contribution in [2.75, 3.05) is 0 Å². The number of carbonyl (C=O) groups excluding carboxylic acids is 2. The molecule has 0 bridgehead atoms. The van der Waals surface area contributed by atoms with E-state index in [0.29, 0.717) is 0 Å². The van der Waals surface area contributed by atoms with Crippen LogP contribution in [0.5, 0.6) is 0 Å². The van der Waals surface area contributed by atoms with Crippen LogP contribution in [0.2, 0.25) is 0 Å². The molecule has 0 aliphatic heterocycles. The maximum atomic E-state index is 11.1. The Morgan fingerprint density at radius 2 is 1.57 bits per heavy atom. The third kappa shape index (κ3) is 6.46. The molecule has 0 aromatic rings. The summed E-state index contributed by atoms with van der Waals surface area (Å²) in [7, 11) is 0. The van der Waals surface area contributed by atoms with E-state index < -0.39 is 27.6 Å². The van der Waals surface area contributed by atoms with Crippen LogP contribution < -0.4 is 0 Å². The molecule has 0 aromatic heterocycles. The average molecular weight is 262 g/mol. The molecule has 0 aliphatic carbocycles. The summed E-state index contributed by atoms with van der Waals surface area (Å²) in [6.07, 6.45) is -0.534. The molecule has 0 aromatic carbocycles. The maximum absolute atomic E-state index is 11.1. The third-order valence-electron chi connectivity index (χ3n) is 1.04. The number of rotatable bonds is 2. The number of ketones is 1. The molecule has 3 nitrogen and oxygen atoms in total. The van der Waals surface area contributed by atoms with Gasteiger partial charge in [-0.2, -0.15) is 0 Å². The van der Waals surface area contributed by atoms with Crippen LogP contribution in [-0.2, 0) is 14.3 Å². The Morgan fingerprint density at radius 1 is 1.14 bits per heavy atom. The van der Waals surface area contributed by atoms with Gasteiger partial charge in [0.05, 0.1) is 0 Å². The summed E-state index contributed by atoms with van der Waals surface area (Å²) in [6.45, 7) is 5.06. The molecule has 0 fully saturated rings. The minimum absolute atomic E-state index is 0.534. The van der Waals surface area contributed by atoms with E-state index in [-0.39, 0.29) is 0 Å². The molecule has 14 heavy (non-hydrogen) atoms. The molecule has 0 aliphatic rings. The maximum Gasteiger partial charge on any atom is 0.314 e. The molecule has 82 valence electrons. The van der Waals surface area contributed by atoms with Gasteiger partial charge >= 0.3 is 5.97 Å². The Kier molecular flexibility index (Phi) is 4.69. The zero-order chi connectivity index (χ0) is 11.6. The highest BCUT2D eigenvalue weighted by Crippen LogP contribution is 2.28. The van der Waals surface area contributed by atoms with Gasteiger partial charge in [-0.05, 0) is 20.8 Å². The normalized spacial score (nSPS) is 12.4. The first-order valence-corrected chi connectivity index (χ1v) is 4.97. The highest BCUT2D eigenvalue weighted by molar-refractivity contribution is 6.76. The molecule has 0 saturated carbocycles. The van der Waals surface area contributed by atoms with Gasteiger partial charge in [0.2, 0.25) is 3.79 Å². The first kappa shape index (κ1) is 14.0. The summed E-state index contributed by atoms with van der Waals surface area (Å²) in [5, 5.41) is 0. The second-order valence-electron chi connectivity index (χ2n) is 3.68. The fraction of sp³-hybridized carbons (Fsp3) is 0.750. The van der Waals surface area contributed by atoms with Crippen molar-refractivity contribution in [1.29, 1.82) is 0 Å². The zero-order valence-corrected chi connectivity index (χ0v) is 10.3. The topological polar surface area (TPSA) is 43.4 Å². The Labute approximate surface area is 97.6 Å². The van der Waals surface area contributed by atoms with E-state index in [1.807, 2.05) is 0 Å². The molecule has 0 radical (unpaired) electrons. The van der Waals surface area contributed by atoms with Gasteiger partial charge in [-0.25, -0.2) is 0 Å². The van der Waals surface area contributed by atoms with Crippen LogP contribution in [0.4, 0.5) is 0 Å². The molecule has 0 amide bonds. The van der Waals surface area contributed by atoms with Crippen LogP contribution in [0.3, 0.4) is 0 Å². The lowest BCUT2D eigenvalue weighted by Crippen LogP contribution is -2.28. The lowest BCUT2D eigenvalue weighted by atomic mass is 10.2. The predicted molar refractivity (Wildman–Crippen MR) is 55.8 cm³/mol. The second-order valence-corrected chi connectivity index (χ2v) is 5.97. The van der Waals surface area contributed by atoms with Gasteiger partial charge in [-0.3, -0.25) is 9.59 Å². The van der Waals surface area contributed by atoms with Gasteiger partial charge in [0.15, 0.2) is 5.78 Å². The van der Waals surface area contributed by atoms with Crippen LogP contribution >= 0.6 is 34.8 Å². The minimum atomic E-state index is -2.06. The van der Waals surface area contributed by atoms with E-state index >= 15 is 0 Å². The van der Waals surface area contributed by atoms with E-state index in [4.69, 9.17) is 39.5 Å². The Bertz CT molecular complexity index is 237. The number of halogens is 3. The summed E-state index contributed by atoms with van der Waals surface area (Å²) in [6, 6.07) is 0. The lowest BCUT2D eigenvalue weighted by molar-refractivity contribution is -0.156. The zero-order valence-electron chi connectivity index (χ0n) is 8.07. The van der Waals surface area contributed by atoms with Crippen molar-refractivity contribution in [2.45, 2.75) is 36.6 Å². The van der Waals surface area contributed by atoms with E-state index in [9.17, 15) is 9.59 Å². The first-order valence-electron chi connectivity index (χ1n) is 3.84. The molecular formula is C8H11Cl3O3. The minimum Gasteiger partial charge on any atom is -0.460 e. The van der Waals surface area contributed by atoms with Gasteiger partial charge in [-0.1, -0.05) is 34.8 Å². The van der Waals surface area contributed by atoms with E-state index in [2.05, 4.69) is 0 Å². The quantitative estimate of drug-likeness (QED) is 0.436. The van der Waals surface area contributed by atoms with Crippen molar-refractivity contribution in [1.82, 2.24) is 0 Å². The molecule has 0 saturated heterocycles. The Hall–Kier alpha value is 0.01000. The standard InChI is InChI=1S/C8H11Cl3O3/c1-7(2,3)14-6(13)4-5(12)8(9,10)11/h4H2,1-3H3. The molecule has 0 heterocycles. The fourth-order valence-electron chi connectivity index (χ4n) is 0.609. The van der Waals surface area contributed by atoms with Crippen LogP contribution in [0.15, 0.2) is 0 Å². The van der Waals surface area contributed by atoms with E-state index in [0.717, 1.165) is 0 Å². The summed E-state index contributed by atoms with van der Waals surface area (Å²) < 4.78 is 2.81. The van der Waals surface area contributed by atoms with Gasteiger partial charge in [0, 0.05) is 0 Å². The van der Waals surface area contributed by atoms with Crippen molar-refractivity contribution < 1.29 is 14.3 Å². The van der Waals surface area contributed by atoms with E-state index in [1.54, 1.807) is 20.8 Å². The number of ether oxygens (including phenoxy) is 1. The SMILES string of the molecule is CC(C)(C)OC(=O)CC(=O)C(Cl)(Cl)Cl. The number of carbonyl (C=O) groups is 2. The van der Waals surface area contributed by atoms with Crippen molar-refractivity contribution in [2.24, 2.45) is 0 Å². The summed E-state index contributed by atoms with van der Waals surface area (Å²) >= 11 is 15.8. The first-order chi connectivity index (χ1) is 6.02. The van der Waals surface area contributed by atoms with Crippen LogP contribution in [-0.4, -0.2) is 21.1 Å². The predicted octanol–water partition coefficient (Wildman–Crippen LogP) is 2.66. The highest BCUT2D eigenvalue weighted by atomic mass is 35.6. The Morgan fingerprint density at radius 3 is 1.86 bits per heavy atom. The van der Waals surface area contributed by atoms with Crippen molar-refractivity contribution in [3.63, 3.8) is 0 Å². The van der Waals surface area contributed by atoms with Crippen LogP contribution in [0.1, 0.15) is 27.2 Å². The monoisotopic (exact) mass is 260 g/mol.